The van der Waals surface area contributed by atoms with E-state index in [1.165, 1.54) is 17.4 Å². The summed E-state index contributed by atoms with van der Waals surface area (Å²) in [6.45, 7) is 1.38. The highest BCUT2D eigenvalue weighted by molar-refractivity contribution is 5.87. The van der Waals surface area contributed by atoms with E-state index in [0.29, 0.717) is 0 Å². The normalized spacial score (nSPS) is 16.9. The van der Waals surface area contributed by atoms with Crippen LogP contribution in [0.15, 0.2) is 24.3 Å². The van der Waals surface area contributed by atoms with Gasteiger partial charge in [0, 0.05) is 0 Å². The number of carboxylic acid groups (broad SMARTS) is 2. The molecule has 1 aromatic rings. The van der Waals surface area contributed by atoms with Gasteiger partial charge in [-0.25, -0.2) is 4.79 Å². The number of fused-ring (bicyclic) bond motifs is 1. The summed E-state index contributed by atoms with van der Waals surface area (Å²) in [5, 5.41) is 26.2. The number of hydrogen-bond donors (Lipinski definition) is 3. The molecule has 0 bridgehead atoms. The van der Waals surface area contributed by atoms with Gasteiger partial charge in [-0.2, -0.15) is 0 Å². The molecule has 0 saturated carbocycles. The van der Waals surface area contributed by atoms with Crippen LogP contribution >= 0.6 is 0 Å². The third kappa shape index (κ3) is 4.83. The molecule has 2 rings (SSSR count). The van der Waals surface area contributed by atoms with Crippen LogP contribution in [0.5, 0.6) is 0 Å². The second-order valence-corrected chi connectivity index (χ2v) is 5.95. The van der Waals surface area contributed by atoms with E-state index < -0.39 is 23.9 Å². The number of carbonyl (C=O) groups is 3. The first-order valence-electron chi connectivity index (χ1n) is 8.19. The van der Waals surface area contributed by atoms with Gasteiger partial charge in [0.2, 0.25) is 5.91 Å². The van der Waals surface area contributed by atoms with Gasteiger partial charge in [-0.3, -0.25) is 9.59 Å². The average molecular weight is 361 g/mol. The Morgan fingerprint density at radius 3 is 2.58 bits per heavy atom. The first-order chi connectivity index (χ1) is 12.3. The molecule has 1 aromatic carbocycles. The number of hydrogen-bond acceptors (Lipinski definition) is 4. The molecule has 0 aromatic heterocycles. The number of aliphatic hydroxyl groups is 1. The lowest BCUT2D eigenvalue weighted by molar-refractivity contribution is -0.164. The Morgan fingerprint density at radius 1 is 1.42 bits per heavy atom. The van der Waals surface area contributed by atoms with Gasteiger partial charge in [-0.1, -0.05) is 37.1 Å². The van der Waals surface area contributed by atoms with E-state index in [1.807, 2.05) is 24.3 Å². The van der Waals surface area contributed by atoms with E-state index in [1.54, 1.807) is 0 Å². The Kier molecular flexibility index (Phi) is 7.81. The van der Waals surface area contributed by atoms with Crippen LogP contribution in [0.1, 0.15) is 43.4 Å². The van der Waals surface area contributed by atoms with Gasteiger partial charge in [-0.05, 0) is 30.4 Å². The zero-order chi connectivity index (χ0) is 19.7. The minimum Gasteiger partial charge on any atom is -0.483 e. The maximum atomic E-state index is 12.6. The van der Waals surface area contributed by atoms with Gasteiger partial charge in [0.25, 0.3) is 6.47 Å². The molecule has 7 nitrogen and oxygen atoms in total. The lowest BCUT2D eigenvalue weighted by Gasteiger charge is -2.31. The van der Waals surface area contributed by atoms with E-state index in [4.69, 9.17) is 21.4 Å². The highest BCUT2D eigenvalue weighted by Crippen LogP contribution is 2.36. The largest absolute Gasteiger partial charge is 0.483 e. The molecular weight excluding hydrogens is 338 g/mol. The van der Waals surface area contributed by atoms with Crippen molar-refractivity contribution in [3.63, 3.8) is 0 Å². The fourth-order valence-corrected chi connectivity index (χ4v) is 3.03. The molecule has 0 saturated heterocycles. The molecule has 2 atom stereocenters. The first-order valence-corrected chi connectivity index (χ1v) is 8.19. The molecule has 0 aliphatic heterocycles. The van der Waals surface area contributed by atoms with E-state index in [0.717, 1.165) is 18.4 Å². The molecule has 26 heavy (non-hydrogen) atoms. The van der Waals surface area contributed by atoms with Crippen LogP contribution in [0.2, 0.25) is 0 Å². The Bertz CT molecular complexity index is 696. The number of carboxylic acids is 1. The van der Waals surface area contributed by atoms with Crippen LogP contribution in [-0.4, -0.2) is 50.7 Å². The quantitative estimate of drug-likeness (QED) is 0.522. The van der Waals surface area contributed by atoms with Gasteiger partial charge in [0.15, 0.2) is 5.60 Å². The highest BCUT2D eigenvalue weighted by atomic mass is 16.4. The summed E-state index contributed by atoms with van der Waals surface area (Å²) < 4.78 is 0. The summed E-state index contributed by atoms with van der Waals surface area (Å²) >= 11 is 0. The molecule has 0 fully saturated rings. The van der Waals surface area contributed by atoms with Crippen molar-refractivity contribution in [2.75, 3.05) is 6.54 Å². The average Bonchev–Trinajstić information content (AvgIpc) is 3.03. The number of rotatable bonds is 6. The lowest BCUT2D eigenvalue weighted by atomic mass is 9.95. The number of benzene rings is 1. The van der Waals surface area contributed by atoms with Crippen LogP contribution in [0.25, 0.3) is 0 Å². The number of aliphatic carboxylic acids is 1. The van der Waals surface area contributed by atoms with Crippen molar-refractivity contribution in [3.8, 4) is 12.3 Å². The van der Waals surface area contributed by atoms with E-state index in [9.17, 15) is 14.7 Å². The van der Waals surface area contributed by atoms with E-state index in [-0.39, 0.29) is 25.5 Å². The molecule has 1 amide bonds. The molecule has 0 heterocycles. The van der Waals surface area contributed by atoms with Gasteiger partial charge < -0.3 is 20.2 Å². The van der Waals surface area contributed by atoms with Crippen LogP contribution in [0.4, 0.5) is 0 Å². The van der Waals surface area contributed by atoms with E-state index in [2.05, 4.69) is 5.92 Å². The Balaban J connectivity index is 0.00000105. The number of aryl methyl sites for hydroxylation is 1. The van der Waals surface area contributed by atoms with Crippen molar-refractivity contribution < 1.29 is 29.7 Å². The molecule has 1 aliphatic rings. The molecule has 0 radical (unpaired) electrons. The molecular formula is C19H23NO6. The van der Waals surface area contributed by atoms with Crippen molar-refractivity contribution in [1.29, 1.82) is 0 Å². The second kappa shape index (κ2) is 9.59. The van der Waals surface area contributed by atoms with Crippen molar-refractivity contribution >= 4 is 18.3 Å². The summed E-state index contributed by atoms with van der Waals surface area (Å²) in [7, 11) is 0. The monoisotopic (exact) mass is 361 g/mol. The number of nitrogens with zero attached hydrogens (tertiary/aromatic N) is 1. The topological polar surface area (TPSA) is 115 Å². The van der Waals surface area contributed by atoms with E-state index >= 15 is 0 Å². The molecule has 7 heteroatoms. The van der Waals surface area contributed by atoms with Gasteiger partial charge in [-0.15, -0.1) is 6.42 Å². The predicted octanol–water partition coefficient (Wildman–Crippen LogP) is 1.45. The van der Waals surface area contributed by atoms with Crippen LogP contribution in [0.3, 0.4) is 0 Å². The molecule has 3 N–H and O–H groups in total. The van der Waals surface area contributed by atoms with Crippen LogP contribution in [-0.2, 0) is 20.8 Å². The zero-order valence-electron chi connectivity index (χ0n) is 14.6. The fraction of sp³-hybridized carbons (Fsp3) is 0.421. The number of terminal acetylenes is 1. The Hall–Kier alpha value is -2.85. The number of carbonyl (C=O) groups excluding carboxylic acids is 1. The van der Waals surface area contributed by atoms with Crippen LogP contribution < -0.4 is 0 Å². The minimum absolute atomic E-state index is 0.0424. The molecule has 140 valence electrons. The van der Waals surface area contributed by atoms with Gasteiger partial charge in [0.1, 0.15) is 0 Å². The summed E-state index contributed by atoms with van der Waals surface area (Å²) in [6, 6.07) is 7.69. The van der Waals surface area contributed by atoms with Crippen molar-refractivity contribution in [3.05, 3.63) is 35.4 Å². The van der Waals surface area contributed by atoms with Gasteiger partial charge in [0.05, 0.1) is 19.0 Å². The standard InChI is InChI=1S/C18H21NO4.CH2O2/c1-3-11-19(16(20)12-18(23,4-2)17(21)22)15-10-9-13-7-5-6-8-14(13)15;2-1-3/h1,5-8,15,23H,4,9-12H2,2H3,(H,21,22);1H,(H,2,3). The fourth-order valence-electron chi connectivity index (χ4n) is 3.03. The second-order valence-electron chi connectivity index (χ2n) is 5.95. The Morgan fingerprint density at radius 2 is 2.04 bits per heavy atom. The first kappa shape index (κ1) is 21.2. The SMILES string of the molecule is C#CCN(C(=O)CC(O)(CC)C(=O)O)C1CCc2ccccc21.O=CO. The molecule has 0 spiro atoms. The maximum Gasteiger partial charge on any atom is 0.336 e. The zero-order valence-corrected chi connectivity index (χ0v) is 14.6. The van der Waals surface area contributed by atoms with Crippen molar-refractivity contribution in [1.82, 2.24) is 4.90 Å². The summed E-state index contributed by atoms with van der Waals surface area (Å²) in [6.07, 6.45) is 6.48. The lowest BCUT2D eigenvalue weighted by Crippen LogP contribution is -2.45. The predicted molar refractivity (Wildman–Crippen MR) is 94.2 cm³/mol. The Labute approximate surface area is 152 Å². The van der Waals surface area contributed by atoms with Crippen LogP contribution in [0, 0.1) is 12.3 Å². The maximum absolute atomic E-state index is 12.6. The molecule has 2 unspecified atom stereocenters. The summed E-state index contributed by atoms with van der Waals surface area (Å²) in [4.78, 5) is 33.7. The smallest absolute Gasteiger partial charge is 0.336 e. The third-order valence-corrected chi connectivity index (χ3v) is 4.49. The number of amides is 1. The van der Waals surface area contributed by atoms with Crippen molar-refractivity contribution in [2.45, 2.75) is 44.2 Å². The third-order valence-electron chi connectivity index (χ3n) is 4.49. The highest BCUT2D eigenvalue weighted by Gasteiger charge is 2.40. The summed E-state index contributed by atoms with van der Waals surface area (Å²) in [5.41, 5.74) is 0.171. The summed E-state index contributed by atoms with van der Waals surface area (Å²) in [5.74, 6) is 0.643. The van der Waals surface area contributed by atoms with Crippen molar-refractivity contribution in [2.24, 2.45) is 0 Å². The minimum atomic E-state index is -2.05. The molecule has 1 aliphatic carbocycles. The van der Waals surface area contributed by atoms with Gasteiger partial charge >= 0.3 is 5.97 Å².